The minimum atomic E-state index is -3.95. The summed E-state index contributed by atoms with van der Waals surface area (Å²) in [6.07, 6.45) is 1.13. The van der Waals surface area contributed by atoms with Gasteiger partial charge in [-0.2, -0.15) is 13.5 Å². The number of nitrogens with one attached hydrogen (secondary N) is 2. The number of benzene rings is 1. The van der Waals surface area contributed by atoms with Crippen LogP contribution >= 0.6 is 22.6 Å². The number of halogens is 1. The molecule has 0 aliphatic carbocycles. The molecule has 7 nitrogen and oxygen atoms in total. The molecule has 0 aliphatic rings. The first kappa shape index (κ1) is 15.8. The highest BCUT2D eigenvalue weighted by molar-refractivity contribution is 14.1. The molecule has 0 amide bonds. The van der Waals surface area contributed by atoms with Crippen LogP contribution < -0.4 is 4.72 Å². The molecule has 1 heterocycles. The summed E-state index contributed by atoms with van der Waals surface area (Å²) in [5.41, 5.74) is 0.265. The van der Waals surface area contributed by atoms with Crippen molar-refractivity contribution < 1.29 is 17.9 Å². The second kappa shape index (κ2) is 6.43. The highest BCUT2D eigenvalue weighted by Gasteiger charge is 2.26. The second-order valence-corrected chi connectivity index (χ2v) is 6.81. The molecule has 0 saturated heterocycles. The number of ether oxygens (including phenoxy) is 1. The molecule has 0 fully saturated rings. The molecule has 2 N–H and O–H groups in total. The summed E-state index contributed by atoms with van der Waals surface area (Å²) in [5, 5.41) is 5.60. The van der Waals surface area contributed by atoms with Crippen molar-refractivity contribution in [3.8, 4) is 0 Å². The topological polar surface area (TPSA) is 101 Å². The Kier molecular flexibility index (Phi) is 4.83. The van der Waals surface area contributed by atoms with Gasteiger partial charge in [0.15, 0.2) is 5.03 Å². The number of carbonyl (C=O) groups is 1. The van der Waals surface area contributed by atoms with Gasteiger partial charge >= 0.3 is 5.97 Å². The predicted molar refractivity (Wildman–Crippen MR) is 84.5 cm³/mol. The number of rotatable bonds is 5. The van der Waals surface area contributed by atoms with Gasteiger partial charge < -0.3 is 4.74 Å². The van der Waals surface area contributed by atoms with E-state index in [1.165, 1.54) is 0 Å². The van der Waals surface area contributed by atoms with E-state index in [1.807, 2.05) is 6.07 Å². The summed E-state index contributed by atoms with van der Waals surface area (Å²) in [4.78, 5) is 11.7. The van der Waals surface area contributed by atoms with Crippen molar-refractivity contribution in [3.63, 3.8) is 0 Å². The third kappa shape index (κ3) is 3.73. The number of nitrogens with zero attached hydrogens (tertiary/aromatic N) is 1. The third-order valence-electron chi connectivity index (χ3n) is 2.45. The van der Waals surface area contributed by atoms with Gasteiger partial charge in [0.05, 0.1) is 12.8 Å². The zero-order valence-corrected chi connectivity index (χ0v) is 13.9. The van der Waals surface area contributed by atoms with Gasteiger partial charge in [0.25, 0.3) is 10.0 Å². The van der Waals surface area contributed by atoms with Gasteiger partial charge in [-0.25, -0.2) is 4.79 Å². The van der Waals surface area contributed by atoms with E-state index < -0.39 is 16.0 Å². The number of carbonyl (C=O) groups excluding carboxylic acids is 1. The van der Waals surface area contributed by atoms with Gasteiger partial charge in [-0.15, -0.1) is 0 Å². The van der Waals surface area contributed by atoms with Gasteiger partial charge in [0.2, 0.25) is 0 Å². The molecular weight excluding hydrogens is 409 g/mol. The number of H-pyrrole nitrogens is 1. The fraction of sp³-hybridized carbons (Fsp3) is 0.167. The van der Waals surface area contributed by atoms with Crippen molar-refractivity contribution >= 4 is 44.3 Å². The molecule has 1 aromatic carbocycles. The molecule has 2 rings (SSSR count). The van der Waals surface area contributed by atoms with Gasteiger partial charge in [-0.1, -0.05) is 6.07 Å². The quantitative estimate of drug-likeness (QED) is 0.568. The normalized spacial score (nSPS) is 11.1. The van der Waals surface area contributed by atoms with Crippen LogP contribution in [0.1, 0.15) is 17.3 Å². The molecular formula is C12H12IN3O4S. The summed E-state index contributed by atoms with van der Waals surface area (Å²) in [6, 6.07) is 6.83. The van der Waals surface area contributed by atoms with Gasteiger partial charge in [-0.05, 0) is 47.7 Å². The van der Waals surface area contributed by atoms with Crippen LogP contribution in [-0.4, -0.2) is 31.2 Å². The van der Waals surface area contributed by atoms with Gasteiger partial charge in [-0.3, -0.25) is 9.82 Å². The molecule has 0 spiro atoms. The summed E-state index contributed by atoms with van der Waals surface area (Å²) in [5.74, 6) is -0.741. The van der Waals surface area contributed by atoms with E-state index in [-0.39, 0.29) is 17.2 Å². The Morgan fingerprint density at radius 1 is 1.48 bits per heavy atom. The summed E-state index contributed by atoms with van der Waals surface area (Å²) in [6.45, 7) is 1.78. The van der Waals surface area contributed by atoms with Crippen LogP contribution in [0.25, 0.3) is 0 Å². The Labute approximate surface area is 135 Å². The molecule has 9 heteroatoms. The number of sulfonamides is 1. The number of hydrogen-bond donors (Lipinski definition) is 2. The fourth-order valence-electron chi connectivity index (χ4n) is 1.59. The summed E-state index contributed by atoms with van der Waals surface area (Å²) in [7, 11) is -3.95. The van der Waals surface area contributed by atoms with Crippen molar-refractivity contribution in [1.29, 1.82) is 0 Å². The number of esters is 1. The lowest BCUT2D eigenvalue weighted by molar-refractivity contribution is 0.0522. The average molecular weight is 421 g/mol. The first-order chi connectivity index (χ1) is 9.94. The Bertz CT molecular complexity index is 757. The number of aromatic nitrogens is 2. The minimum Gasteiger partial charge on any atom is -0.462 e. The van der Waals surface area contributed by atoms with Gasteiger partial charge in [0, 0.05) is 9.26 Å². The molecule has 0 aliphatic heterocycles. The minimum absolute atomic E-state index is 0.130. The molecule has 1 aromatic heterocycles. The summed E-state index contributed by atoms with van der Waals surface area (Å²) < 4.78 is 32.7. The standard InChI is InChI=1S/C12H12IN3O4S/c1-2-20-12(17)10-7-14-15-11(10)21(18,19)16-9-5-3-4-8(13)6-9/h3-7,16H,2H2,1H3,(H,14,15). The lowest BCUT2D eigenvalue weighted by atomic mass is 10.3. The van der Waals surface area contributed by atoms with E-state index in [2.05, 4.69) is 37.5 Å². The maximum absolute atomic E-state index is 12.3. The number of anilines is 1. The van der Waals surface area contributed by atoms with E-state index in [1.54, 1.807) is 25.1 Å². The fourth-order valence-corrected chi connectivity index (χ4v) is 3.27. The Balaban J connectivity index is 2.32. The molecule has 0 bridgehead atoms. The number of aromatic amines is 1. The Morgan fingerprint density at radius 2 is 2.24 bits per heavy atom. The maximum atomic E-state index is 12.3. The highest BCUT2D eigenvalue weighted by Crippen LogP contribution is 2.19. The first-order valence-electron chi connectivity index (χ1n) is 5.93. The molecule has 0 atom stereocenters. The summed E-state index contributed by atoms with van der Waals surface area (Å²) >= 11 is 2.07. The third-order valence-corrected chi connectivity index (χ3v) is 4.47. The number of hydrogen-bond acceptors (Lipinski definition) is 5. The van der Waals surface area contributed by atoms with Crippen LogP contribution in [0.5, 0.6) is 0 Å². The van der Waals surface area contributed by atoms with Crippen LogP contribution in [0.3, 0.4) is 0 Å². The Morgan fingerprint density at radius 3 is 2.90 bits per heavy atom. The van der Waals surface area contributed by atoms with E-state index >= 15 is 0 Å². The smallest absolute Gasteiger partial charge is 0.342 e. The molecule has 0 radical (unpaired) electrons. The maximum Gasteiger partial charge on any atom is 0.342 e. The first-order valence-corrected chi connectivity index (χ1v) is 8.49. The average Bonchev–Trinajstić information content (AvgIpc) is 2.88. The van der Waals surface area contributed by atoms with E-state index in [9.17, 15) is 13.2 Å². The van der Waals surface area contributed by atoms with E-state index in [4.69, 9.17) is 4.74 Å². The highest BCUT2D eigenvalue weighted by atomic mass is 127. The van der Waals surface area contributed by atoms with Crippen LogP contribution in [0, 0.1) is 3.57 Å². The largest absolute Gasteiger partial charge is 0.462 e. The van der Waals surface area contributed by atoms with Crippen molar-refractivity contribution in [2.45, 2.75) is 11.9 Å². The second-order valence-electron chi connectivity index (χ2n) is 3.95. The molecule has 2 aromatic rings. The van der Waals surface area contributed by atoms with Crippen molar-refractivity contribution in [1.82, 2.24) is 10.2 Å². The predicted octanol–water partition coefficient (Wildman–Crippen LogP) is 1.99. The molecule has 0 unspecified atom stereocenters. The lowest BCUT2D eigenvalue weighted by Gasteiger charge is -2.08. The van der Waals surface area contributed by atoms with Crippen molar-refractivity contribution in [2.24, 2.45) is 0 Å². The van der Waals surface area contributed by atoms with Crippen molar-refractivity contribution in [2.75, 3.05) is 11.3 Å². The van der Waals surface area contributed by atoms with E-state index in [0.29, 0.717) is 5.69 Å². The molecule has 112 valence electrons. The van der Waals surface area contributed by atoms with Crippen LogP contribution in [0.15, 0.2) is 35.5 Å². The van der Waals surface area contributed by atoms with Crippen LogP contribution in [-0.2, 0) is 14.8 Å². The van der Waals surface area contributed by atoms with E-state index in [0.717, 1.165) is 9.77 Å². The zero-order chi connectivity index (χ0) is 15.5. The van der Waals surface area contributed by atoms with Crippen LogP contribution in [0.2, 0.25) is 0 Å². The Hall–Kier alpha value is -1.62. The van der Waals surface area contributed by atoms with Gasteiger partial charge in [0.1, 0.15) is 5.56 Å². The SMILES string of the molecule is CCOC(=O)c1cn[nH]c1S(=O)(=O)Nc1cccc(I)c1. The van der Waals surface area contributed by atoms with Crippen molar-refractivity contribution in [3.05, 3.63) is 39.6 Å². The molecule has 0 saturated carbocycles. The zero-order valence-electron chi connectivity index (χ0n) is 11.0. The lowest BCUT2D eigenvalue weighted by Crippen LogP contribution is -2.17. The molecule has 21 heavy (non-hydrogen) atoms. The van der Waals surface area contributed by atoms with Crippen LogP contribution in [0.4, 0.5) is 5.69 Å². The monoisotopic (exact) mass is 421 g/mol.